The zero-order chi connectivity index (χ0) is 14.3. The van der Waals surface area contributed by atoms with Crippen LogP contribution < -0.4 is 5.73 Å². The third-order valence-electron chi connectivity index (χ3n) is 3.68. The van der Waals surface area contributed by atoms with Gasteiger partial charge in [0.1, 0.15) is 5.75 Å². The highest BCUT2D eigenvalue weighted by Crippen LogP contribution is 2.27. The number of aryl methyl sites for hydroxylation is 1. The van der Waals surface area contributed by atoms with Gasteiger partial charge >= 0.3 is 0 Å². The van der Waals surface area contributed by atoms with E-state index in [1.165, 1.54) is 0 Å². The molecule has 3 N–H and O–H groups in total. The predicted molar refractivity (Wildman–Crippen MR) is 77.3 cm³/mol. The minimum atomic E-state index is -0.0164. The summed E-state index contributed by atoms with van der Waals surface area (Å²) in [4.78, 5) is 14.3. The first-order valence-electron chi connectivity index (χ1n) is 6.51. The van der Waals surface area contributed by atoms with E-state index < -0.39 is 0 Å². The van der Waals surface area contributed by atoms with E-state index in [4.69, 9.17) is 5.73 Å². The molecule has 0 aliphatic carbocycles. The van der Waals surface area contributed by atoms with Crippen LogP contribution in [0.25, 0.3) is 0 Å². The summed E-state index contributed by atoms with van der Waals surface area (Å²) in [7, 11) is 0. The van der Waals surface area contributed by atoms with Gasteiger partial charge in [0.15, 0.2) is 0 Å². The number of aromatic hydroxyl groups is 1. The van der Waals surface area contributed by atoms with Crippen LogP contribution in [-0.4, -0.2) is 15.9 Å². The third kappa shape index (κ3) is 2.09. The van der Waals surface area contributed by atoms with Crippen molar-refractivity contribution < 1.29 is 9.90 Å². The summed E-state index contributed by atoms with van der Waals surface area (Å²) in [5.74, 6) is 0.161. The van der Waals surface area contributed by atoms with Crippen molar-refractivity contribution in [1.29, 1.82) is 0 Å². The predicted octanol–water partition coefficient (Wildman–Crippen LogP) is 2.44. The number of nitrogens with two attached hydrogens (primary N) is 1. The van der Waals surface area contributed by atoms with Crippen LogP contribution in [0.3, 0.4) is 0 Å². The fourth-order valence-corrected chi connectivity index (χ4v) is 2.62. The van der Waals surface area contributed by atoms with Crippen LogP contribution in [-0.2, 0) is 13.1 Å². The van der Waals surface area contributed by atoms with Crippen molar-refractivity contribution in [2.24, 2.45) is 0 Å². The van der Waals surface area contributed by atoms with Crippen molar-refractivity contribution >= 4 is 11.6 Å². The SMILES string of the molecule is Cc1cc(O)ccc1C(=O)N1Cc2ccc(N)cc2C1. The Hall–Kier alpha value is -2.49. The van der Waals surface area contributed by atoms with E-state index in [1.54, 1.807) is 23.1 Å². The zero-order valence-electron chi connectivity index (χ0n) is 11.3. The molecular weight excluding hydrogens is 252 g/mol. The number of nitrogen functional groups attached to an aromatic ring is 1. The normalized spacial score (nSPS) is 13.3. The van der Waals surface area contributed by atoms with E-state index in [1.807, 2.05) is 25.1 Å². The highest BCUT2D eigenvalue weighted by molar-refractivity contribution is 5.96. The molecule has 0 aromatic heterocycles. The Labute approximate surface area is 117 Å². The summed E-state index contributed by atoms with van der Waals surface area (Å²) in [6.45, 7) is 3.02. The third-order valence-corrected chi connectivity index (χ3v) is 3.68. The lowest BCUT2D eigenvalue weighted by Gasteiger charge is -2.17. The largest absolute Gasteiger partial charge is 0.508 e. The number of phenolic OH excluding ortho intramolecular Hbond substituents is 1. The molecule has 3 rings (SSSR count). The maximum absolute atomic E-state index is 12.5. The standard InChI is InChI=1S/C16H16N2O2/c1-10-6-14(19)4-5-15(10)16(20)18-8-11-2-3-13(17)7-12(11)9-18/h2-7,19H,8-9,17H2,1H3. The Bertz CT molecular complexity index is 695. The Kier molecular flexibility index (Phi) is 2.86. The smallest absolute Gasteiger partial charge is 0.254 e. The number of phenols is 1. The maximum Gasteiger partial charge on any atom is 0.254 e. The van der Waals surface area contributed by atoms with Crippen LogP contribution in [0.2, 0.25) is 0 Å². The van der Waals surface area contributed by atoms with Gasteiger partial charge in [-0.2, -0.15) is 0 Å². The number of rotatable bonds is 1. The number of carbonyl (C=O) groups excluding carboxylic acids is 1. The molecule has 0 fully saturated rings. The van der Waals surface area contributed by atoms with Crippen LogP contribution in [0.5, 0.6) is 5.75 Å². The molecule has 1 heterocycles. The maximum atomic E-state index is 12.5. The molecule has 0 spiro atoms. The first kappa shape index (κ1) is 12.5. The first-order chi connectivity index (χ1) is 9.54. The highest BCUT2D eigenvalue weighted by atomic mass is 16.3. The van der Waals surface area contributed by atoms with E-state index >= 15 is 0 Å². The number of amides is 1. The van der Waals surface area contributed by atoms with Crippen LogP contribution in [0.4, 0.5) is 5.69 Å². The van der Waals surface area contributed by atoms with Crippen molar-refractivity contribution in [3.8, 4) is 5.75 Å². The molecule has 1 aliphatic rings. The fourth-order valence-electron chi connectivity index (χ4n) is 2.62. The van der Waals surface area contributed by atoms with E-state index in [-0.39, 0.29) is 11.7 Å². The molecule has 0 atom stereocenters. The van der Waals surface area contributed by atoms with E-state index in [0.717, 1.165) is 22.4 Å². The quantitative estimate of drug-likeness (QED) is 0.781. The zero-order valence-corrected chi connectivity index (χ0v) is 11.3. The lowest BCUT2D eigenvalue weighted by molar-refractivity contribution is 0.0750. The van der Waals surface area contributed by atoms with Gasteiger partial charge in [0.05, 0.1) is 0 Å². The summed E-state index contributed by atoms with van der Waals surface area (Å²) >= 11 is 0. The van der Waals surface area contributed by atoms with E-state index in [0.29, 0.717) is 18.7 Å². The van der Waals surface area contributed by atoms with Crippen molar-refractivity contribution in [3.05, 3.63) is 58.7 Å². The molecular formula is C16H16N2O2. The second-order valence-corrected chi connectivity index (χ2v) is 5.19. The van der Waals surface area contributed by atoms with Gasteiger partial charge in [0.25, 0.3) is 5.91 Å². The number of fused-ring (bicyclic) bond motifs is 1. The van der Waals surface area contributed by atoms with Gasteiger partial charge < -0.3 is 15.7 Å². The lowest BCUT2D eigenvalue weighted by atomic mass is 10.1. The molecule has 0 radical (unpaired) electrons. The van der Waals surface area contributed by atoms with Crippen LogP contribution in [0.15, 0.2) is 36.4 Å². The van der Waals surface area contributed by atoms with Crippen LogP contribution in [0.1, 0.15) is 27.0 Å². The number of benzene rings is 2. The fraction of sp³-hybridized carbons (Fsp3) is 0.188. The van der Waals surface area contributed by atoms with Crippen molar-refractivity contribution in [2.45, 2.75) is 20.0 Å². The van der Waals surface area contributed by atoms with Crippen LogP contribution >= 0.6 is 0 Å². The Balaban J connectivity index is 1.87. The average Bonchev–Trinajstić information content (AvgIpc) is 2.81. The second-order valence-electron chi connectivity index (χ2n) is 5.19. The second kappa shape index (κ2) is 4.56. The number of anilines is 1. The Morgan fingerprint density at radius 3 is 2.65 bits per heavy atom. The van der Waals surface area contributed by atoms with Gasteiger partial charge in [-0.15, -0.1) is 0 Å². The van der Waals surface area contributed by atoms with Gasteiger partial charge in [0.2, 0.25) is 0 Å². The molecule has 2 aromatic rings. The molecule has 102 valence electrons. The molecule has 2 aromatic carbocycles. The summed E-state index contributed by atoms with van der Waals surface area (Å²) in [5, 5.41) is 9.42. The van der Waals surface area contributed by atoms with Crippen molar-refractivity contribution in [2.75, 3.05) is 5.73 Å². The topological polar surface area (TPSA) is 66.6 Å². The van der Waals surface area contributed by atoms with Gasteiger partial charge in [-0.1, -0.05) is 6.07 Å². The molecule has 0 unspecified atom stereocenters. The number of hydrogen-bond donors (Lipinski definition) is 2. The average molecular weight is 268 g/mol. The van der Waals surface area contributed by atoms with E-state index in [2.05, 4.69) is 0 Å². The van der Waals surface area contributed by atoms with Crippen LogP contribution in [0, 0.1) is 6.92 Å². The molecule has 0 saturated carbocycles. The molecule has 20 heavy (non-hydrogen) atoms. The minimum absolute atomic E-state index is 0.0164. The summed E-state index contributed by atoms with van der Waals surface area (Å²) in [6, 6.07) is 10.6. The number of carbonyl (C=O) groups is 1. The lowest BCUT2D eigenvalue weighted by Crippen LogP contribution is -2.25. The van der Waals surface area contributed by atoms with E-state index in [9.17, 15) is 9.90 Å². The highest BCUT2D eigenvalue weighted by Gasteiger charge is 2.25. The van der Waals surface area contributed by atoms with Gasteiger partial charge in [0, 0.05) is 24.3 Å². The number of hydrogen-bond acceptors (Lipinski definition) is 3. The molecule has 1 aliphatic heterocycles. The number of nitrogens with zero attached hydrogens (tertiary/aromatic N) is 1. The van der Waals surface area contributed by atoms with Gasteiger partial charge in [-0.3, -0.25) is 4.79 Å². The summed E-state index contributed by atoms with van der Waals surface area (Å²) < 4.78 is 0. The minimum Gasteiger partial charge on any atom is -0.508 e. The summed E-state index contributed by atoms with van der Waals surface area (Å²) in [6.07, 6.45) is 0. The molecule has 4 nitrogen and oxygen atoms in total. The van der Waals surface area contributed by atoms with Gasteiger partial charge in [-0.25, -0.2) is 0 Å². The van der Waals surface area contributed by atoms with Crippen molar-refractivity contribution in [3.63, 3.8) is 0 Å². The van der Waals surface area contributed by atoms with Gasteiger partial charge in [-0.05, 0) is 53.9 Å². The molecule has 1 amide bonds. The monoisotopic (exact) mass is 268 g/mol. The summed E-state index contributed by atoms with van der Waals surface area (Å²) in [5.41, 5.74) is 10.2. The Morgan fingerprint density at radius 2 is 1.90 bits per heavy atom. The molecule has 4 heteroatoms. The Morgan fingerprint density at radius 1 is 1.15 bits per heavy atom. The first-order valence-corrected chi connectivity index (χ1v) is 6.51. The molecule has 0 bridgehead atoms. The molecule has 0 saturated heterocycles. The van der Waals surface area contributed by atoms with Crippen molar-refractivity contribution in [1.82, 2.24) is 4.90 Å².